The Balaban J connectivity index is 1.57. The second kappa shape index (κ2) is 11.6. The van der Waals surface area contributed by atoms with Crippen LogP contribution in [0.3, 0.4) is 0 Å². The minimum atomic E-state index is -0.294. The Bertz CT molecular complexity index is 874. The maximum absolute atomic E-state index is 12.8. The normalized spacial score (nSPS) is 15.0. The number of unbranched alkanes of at least 4 members (excludes halogenated alkanes) is 1. The topological polar surface area (TPSA) is 82.5 Å². The zero-order valence-electron chi connectivity index (χ0n) is 18.6. The molecule has 0 fully saturated rings. The van der Waals surface area contributed by atoms with Gasteiger partial charge in [0.15, 0.2) is 0 Å². The lowest BCUT2D eigenvalue weighted by molar-refractivity contribution is 0.0496. The Morgan fingerprint density at radius 3 is 2.74 bits per heavy atom. The van der Waals surface area contributed by atoms with Crippen molar-refractivity contribution in [2.45, 2.75) is 58.9 Å². The molecular weight excluding hydrogens is 394 g/mol. The molecule has 0 bridgehead atoms. The summed E-state index contributed by atoms with van der Waals surface area (Å²) in [6, 6.07) is 7.38. The van der Waals surface area contributed by atoms with Crippen molar-refractivity contribution in [2.24, 2.45) is 0 Å². The molecule has 0 unspecified atom stereocenters. The van der Waals surface area contributed by atoms with Crippen LogP contribution >= 0.6 is 0 Å². The van der Waals surface area contributed by atoms with Crippen LogP contribution in [0.2, 0.25) is 0 Å². The molecular formula is C24H33N3O4. The number of fused-ring (bicyclic) bond motifs is 1. The number of rotatable bonds is 7. The van der Waals surface area contributed by atoms with Gasteiger partial charge in [0.1, 0.15) is 0 Å². The molecule has 0 saturated heterocycles. The number of hydrogen-bond acceptors (Lipinski definition) is 5. The molecule has 31 heavy (non-hydrogen) atoms. The van der Waals surface area contributed by atoms with Gasteiger partial charge in [-0.3, -0.25) is 9.48 Å². The van der Waals surface area contributed by atoms with Gasteiger partial charge in [0.25, 0.3) is 5.91 Å². The van der Waals surface area contributed by atoms with Crippen molar-refractivity contribution in [3.05, 3.63) is 52.3 Å². The van der Waals surface area contributed by atoms with Crippen molar-refractivity contribution in [1.82, 2.24) is 15.1 Å². The number of nitrogens with one attached hydrogen (secondary N) is 1. The Hall–Kier alpha value is -2.67. The fraction of sp³-hybridized carbons (Fsp3) is 0.542. The molecule has 0 saturated carbocycles. The molecule has 0 spiro atoms. The summed E-state index contributed by atoms with van der Waals surface area (Å²) >= 11 is 0. The number of aromatic nitrogens is 2. The monoisotopic (exact) mass is 427 g/mol. The number of carbonyl (C=O) groups is 2. The van der Waals surface area contributed by atoms with Crippen LogP contribution in [0.25, 0.3) is 0 Å². The lowest BCUT2D eigenvalue weighted by Crippen LogP contribution is -2.26. The van der Waals surface area contributed by atoms with E-state index in [1.807, 2.05) is 30.7 Å². The third kappa shape index (κ3) is 6.40. The van der Waals surface area contributed by atoms with Gasteiger partial charge in [-0.25, -0.2) is 4.79 Å². The second-order valence-corrected chi connectivity index (χ2v) is 7.88. The van der Waals surface area contributed by atoms with E-state index in [0.717, 1.165) is 54.6 Å². The molecule has 3 rings (SSSR count). The van der Waals surface area contributed by atoms with Crippen LogP contribution in [0.4, 0.5) is 0 Å². The first kappa shape index (κ1) is 23.0. The van der Waals surface area contributed by atoms with Crippen molar-refractivity contribution < 1.29 is 19.1 Å². The molecule has 0 aliphatic carbocycles. The Labute approximate surface area is 184 Å². The largest absolute Gasteiger partial charge is 0.462 e. The lowest BCUT2D eigenvalue weighted by atomic mass is 10.1. The van der Waals surface area contributed by atoms with Crippen LogP contribution < -0.4 is 5.32 Å². The summed E-state index contributed by atoms with van der Waals surface area (Å²) in [7, 11) is 0. The number of carbonyl (C=O) groups excluding carboxylic acids is 2. The summed E-state index contributed by atoms with van der Waals surface area (Å²) in [5, 5.41) is 7.73. The molecule has 7 heteroatoms. The highest BCUT2D eigenvalue weighted by Gasteiger charge is 2.22. The van der Waals surface area contributed by atoms with Gasteiger partial charge in [0.05, 0.1) is 29.1 Å². The number of benzene rings is 1. The molecule has 168 valence electrons. The number of esters is 1. The standard InChI is InChI=1S/C24H33N3O4/c1-3-20-22-21(8-6-15-30-16-7-13-25-23(22)28)27(26-20)14-4-5-17-31-24(29)19-11-9-18(2)10-12-19/h9-12H,3-8,13-17H2,1-2H3,(H,25,28). The van der Waals surface area contributed by atoms with Crippen LogP contribution in [-0.2, 0) is 28.9 Å². The number of hydrogen-bond donors (Lipinski definition) is 1. The average Bonchev–Trinajstić information content (AvgIpc) is 3.11. The van der Waals surface area contributed by atoms with E-state index >= 15 is 0 Å². The predicted molar refractivity (Wildman–Crippen MR) is 118 cm³/mol. The van der Waals surface area contributed by atoms with E-state index in [2.05, 4.69) is 5.32 Å². The summed E-state index contributed by atoms with van der Waals surface area (Å²) in [6.45, 7) is 7.04. The van der Waals surface area contributed by atoms with Crippen molar-refractivity contribution >= 4 is 11.9 Å². The van der Waals surface area contributed by atoms with E-state index in [1.165, 1.54) is 0 Å². The van der Waals surface area contributed by atoms with Crippen LogP contribution in [-0.4, -0.2) is 48.0 Å². The molecule has 1 N–H and O–H groups in total. The summed E-state index contributed by atoms with van der Waals surface area (Å²) < 4.78 is 13.0. The Morgan fingerprint density at radius 2 is 1.97 bits per heavy atom. The van der Waals surface area contributed by atoms with Crippen molar-refractivity contribution in [1.29, 1.82) is 0 Å². The quantitative estimate of drug-likeness (QED) is 0.540. The third-order valence-electron chi connectivity index (χ3n) is 5.43. The van der Waals surface area contributed by atoms with Crippen molar-refractivity contribution in [3.8, 4) is 0 Å². The van der Waals surface area contributed by atoms with Gasteiger partial charge in [-0.2, -0.15) is 5.10 Å². The van der Waals surface area contributed by atoms with E-state index in [-0.39, 0.29) is 11.9 Å². The molecule has 1 aliphatic rings. The SMILES string of the molecule is CCc1nn(CCCCOC(=O)c2ccc(C)cc2)c2c1C(=O)NCCCOCCC2. The molecule has 1 aromatic carbocycles. The summed E-state index contributed by atoms with van der Waals surface area (Å²) in [5.74, 6) is -0.329. The first-order chi connectivity index (χ1) is 15.1. The first-order valence-electron chi connectivity index (χ1n) is 11.3. The van der Waals surface area contributed by atoms with Crippen molar-refractivity contribution in [2.75, 3.05) is 26.4 Å². The fourth-order valence-corrected chi connectivity index (χ4v) is 3.71. The van der Waals surface area contributed by atoms with Crippen molar-refractivity contribution in [3.63, 3.8) is 0 Å². The maximum Gasteiger partial charge on any atom is 0.338 e. The summed E-state index contributed by atoms with van der Waals surface area (Å²) in [6.07, 6.45) is 4.71. The lowest BCUT2D eigenvalue weighted by Gasteiger charge is -2.10. The number of aryl methyl sites for hydroxylation is 3. The molecule has 1 amide bonds. The van der Waals surface area contributed by atoms with Crippen LogP contribution in [0.1, 0.15) is 70.3 Å². The molecule has 0 radical (unpaired) electrons. The maximum atomic E-state index is 12.8. The third-order valence-corrected chi connectivity index (χ3v) is 5.43. The minimum absolute atomic E-state index is 0.0352. The average molecular weight is 428 g/mol. The number of amides is 1. The molecule has 7 nitrogen and oxygen atoms in total. The second-order valence-electron chi connectivity index (χ2n) is 7.88. The summed E-state index contributed by atoms with van der Waals surface area (Å²) in [4.78, 5) is 24.9. The zero-order valence-corrected chi connectivity index (χ0v) is 18.6. The zero-order chi connectivity index (χ0) is 22.1. The van der Waals surface area contributed by atoms with Gasteiger partial charge in [-0.1, -0.05) is 24.6 Å². The predicted octanol–water partition coefficient (Wildman–Crippen LogP) is 3.47. The van der Waals surface area contributed by atoms with Gasteiger partial charge < -0.3 is 14.8 Å². The van der Waals surface area contributed by atoms with E-state index in [0.29, 0.717) is 44.9 Å². The highest BCUT2D eigenvalue weighted by Crippen LogP contribution is 2.19. The molecule has 2 aromatic rings. The van der Waals surface area contributed by atoms with Gasteiger partial charge >= 0.3 is 5.97 Å². The molecule has 1 aromatic heterocycles. The van der Waals surface area contributed by atoms with Crippen LogP contribution in [0.15, 0.2) is 24.3 Å². The minimum Gasteiger partial charge on any atom is -0.462 e. The van der Waals surface area contributed by atoms with Crippen LogP contribution in [0, 0.1) is 6.92 Å². The van der Waals surface area contributed by atoms with Gasteiger partial charge in [0.2, 0.25) is 0 Å². The highest BCUT2D eigenvalue weighted by molar-refractivity contribution is 5.96. The van der Waals surface area contributed by atoms with Gasteiger partial charge in [-0.05, 0) is 57.6 Å². The van der Waals surface area contributed by atoms with E-state index in [1.54, 1.807) is 12.1 Å². The number of nitrogens with zero attached hydrogens (tertiary/aromatic N) is 2. The Kier molecular flexibility index (Phi) is 8.64. The Morgan fingerprint density at radius 1 is 1.19 bits per heavy atom. The molecule has 1 aliphatic heterocycles. The first-order valence-corrected chi connectivity index (χ1v) is 11.3. The van der Waals surface area contributed by atoms with E-state index in [4.69, 9.17) is 14.6 Å². The van der Waals surface area contributed by atoms with Gasteiger partial charge in [0, 0.05) is 26.3 Å². The van der Waals surface area contributed by atoms with Gasteiger partial charge in [-0.15, -0.1) is 0 Å². The molecule has 2 heterocycles. The van der Waals surface area contributed by atoms with E-state index in [9.17, 15) is 9.59 Å². The summed E-state index contributed by atoms with van der Waals surface area (Å²) in [5.41, 5.74) is 4.24. The fourth-order valence-electron chi connectivity index (χ4n) is 3.71. The van der Waals surface area contributed by atoms with Crippen LogP contribution in [0.5, 0.6) is 0 Å². The highest BCUT2D eigenvalue weighted by atomic mass is 16.5. The molecule has 0 atom stereocenters. The number of ether oxygens (including phenoxy) is 2. The smallest absolute Gasteiger partial charge is 0.338 e. The van der Waals surface area contributed by atoms with E-state index < -0.39 is 0 Å².